The van der Waals surface area contributed by atoms with E-state index in [1.165, 1.54) is 4.90 Å². The molecule has 0 spiro atoms. The van der Waals surface area contributed by atoms with Crippen molar-refractivity contribution < 1.29 is 9.32 Å². The van der Waals surface area contributed by atoms with Crippen LogP contribution in [0.3, 0.4) is 0 Å². The van der Waals surface area contributed by atoms with Crippen LogP contribution in [0.4, 0.5) is 0 Å². The largest absolute Gasteiger partial charge is 0.421 e. The highest BCUT2D eigenvalue weighted by atomic mass is 16.4. The van der Waals surface area contributed by atoms with E-state index in [1.54, 1.807) is 6.33 Å². The molecule has 20 heavy (non-hydrogen) atoms. The fourth-order valence-corrected chi connectivity index (χ4v) is 2.49. The quantitative estimate of drug-likeness (QED) is 0.711. The minimum absolute atomic E-state index is 0.365. The van der Waals surface area contributed by atoms with Gasteiger partial charge < -0.3 is 13.9 Å². The third-order valence-corrected chi connectivity index (χ3v) is 3.45. The van der Waals surface area contributed by atoms with Crippen molar-refractivity contribution in [1.29, 1.82) is 0 Å². The van der Waals surface area contributed by atoms with Crippen LogP contribution in [0.2, 0.25) is 0 Å². The number of quaternary nitrogens is 1. The summed E-state index contributed by atoms with van der Waals surface area (Å²) in [6.45, 7) is 1.94. The lowest BCUT2D eigenvalue weighted by atomic mass is 10.2. The highest BCUT2D eigenvalue weighted by Gasteiger charge is 2.12. The van der Waals surface area contributed by atoms with Gasteiger partial charge in [-0.05, 0) is 12.1 Å². The SMILES string of the molecule is C[NH+](C)CCCn1cnc2c(=O)oc3ccccc3c21. The topological polar surface area (TPSA) is 52.5 Å². The van der Waals surface area contributed by atoms with Crippen LogP contribution in [0.15, 0.2) is 39.8 Å². The Kier molecular flexibility index (Phi) is 3.28. The van der Waals surface area contributed by atoms with Crippen molar-refractivity contribution in [2.75, 3.05) is 20.6 Å². The first-order valence-electron chi connectivity index (χ1n) is 6.82. The molecule has 2 heterocycles. The second-order valence-electron chi connectivity index (χ2n) is 5.33. The van der Waals surface area contributed by atoms with Gasteiger partial charge in [0.2, 0.25) is 0 Å². The number of hydrogen-bond acceptors (Lipinski definition) is 3. The zero-order valence-corrected chi connectivity index (χ0v) is 11.7. The van der Waals surface area contributed by atoms with Crippen LogP contribution in [0, 0.1) is 0 Å². The first kappa shape index (κ1) is 12.9. The summed E-state index contributed by atoms with van der Waals surface area (Å²) >= 11 is 0. The molecule has 0 amide bonds. The highest BCUT2D eigenvalue weighted by Crippen LogP contribution is 2.21. The zero-order valence-electron chi connectivity index (χ0n) is 11.7. The van der Waals surface area contributed by atoms with Crippen molar-refractivity contribution in [3.8, 4) is 0 Å². The first-order valence-corrected chi connectivity index (χ1v) is 6.82. The van der Waals surface area contributed by atoms with Gasteiger partial charge in [-0.2, -0.15) is 0 Å². The molecule has 5 heteroatoms. The molecule has 2 aromatic heterocycles. The number of rotatable bonds is 4. The van der Waals surface area contributed by atoms with Gasteiger partial charge in [-0.1, -0.05) is 12.1 Å². The zero-order chi connectivity index (χ0) is 14.1. The van der Waals surface area contributed by atoms with Gasteiger partial charge in [-0.25, -0.2) is 9.78 Å². The van der Waals surface area contributed by atoms with Crippen LogP contribution >= 0.6 is 0 Å². The number of aromatic nitrogens is 2. The first-order chi connectivity index (χ1) is 9.66. The summed E-state index contributed by atoms with van der Waals surface area (Å²) < 4.78 is 7.35. The lowest BCUT2D eigenvalue weighted by Gasteiger charge is -2.08. The Morgan fingerprint density at radius 3 is 2.90 bits per heavy atom. The smallest absolute Gasteiger partial charge is 0.364 e. The molecule has 1 aromatic carbocycles. The number of para-hydroxylation sites is 1. The molecular weight excluding hydrogens is 254 g/mol. The molecule has 1 N–H and O–H groups in total. The van der Waals surface area contributed by atoms with E-state index in [4.69, 9.17) is 4.42 Å². The molecular formula is C15H18N3O2+. The molecule has 3 rings (SSSR count). The summed E-state index contributed by atoms with van der Waals surface area (Å²) in [4.78, 5) is 17.6. The summed E-state index contributed by atoms with van der Waals surface area (Å²) in [5, 5.41) is 0.941. The van der Waals surface area contributed by atoms with E-state index >= 15 is 0 Å². The van der Waals surface area contributed by atoms with Gasteiger partial charge in [0, 0.05) is 18.4 Å². The van der Waals surface area contributed by atoms with Crippen molar-refractivity contribution in [2.45, 2.75) is 13.0 Å². The van der Waals surface area contributed by atoms with Crippen molar-refractivity contribution >= 4 is 22.0 Å². The van der Waals surface area contributed by atoms with E-state index in [9.17, 15) is 4.79 Å². The van der Waals surface area contributed by atoms with Gasteiger partial charge in [-0.3, -0.25) is 0 Å². The second-order valence-corrected chi connectivity index (χ2v) is 5.33. The van der Waals surface area contributed by atoms with E-state index in [0.717, 1.165) is 30.4 Å². The highest BCUT2D eigenvalue weighted by molar-refractivity contribution is 6.00. The molecule has 104 valence electrons. The summed E-state index contributed by atoms with van der Waals surface area (Å²) in [6.07, 6.45) is 2.78. The molecule has 0 radical (unpaired) electrons. The summed E-state index contributed by atoms with van der Waals surface area (Å²) in [6, 6.07) is 7.60. The molecule has 3 aromatic rings. The monoisotopic (exact) mass is 272 g/mol. The minimum Gasteiger partial charge on any atom is -0.421 e. The van der Waals surface area contributed by atoms with Gasteiger partial charge in [-0.15, -0.1) is 0 Å². The molecule has 5 nitrogen and oxygen atoms in total. The lowest BCUT2D eigenvalue weighted by Crippen LogP contribution is -3.05. The fraction of sp³-hybridized carbons (Fsp3) is 0.333. The third-order valence-electron chi connectivity index (χ3n) is 3.45. The van der Waals surface area contributed by atoms with Gasteiger partial charge >= 0.3 is 5.63 Å². The van der Waals surface area contributed by atoms with Crippen LogP contribution in [0.25, 0.3) is 22.0 Å². The normalized spacial score (nSPS) is 11.8. The van der Waals surface area contributed by atoms with Crippen LogP contribution < -0.4 is 10.5 Å². The van der Waals surface area contributed by atoms with E-state index in [0.29, 0.717) is 11.1 Å². The maximum atomic E-state index is 11.9. The second kappa shape index (κ2) is 5.09. The fourth-order valence-electron chi connectivity index (χ4n) is 2.49. The third kappa shape index (κ3) is 2.20. The standard InChI is InChI=1S/C15H17N3O2/c1-17(2)8-5-9-18-10-16-13-14(18)11-6-3-4-7-12(11)20-15(13)19/h3-4,6-7,10H,5,8-9H2,1-2H3/p+1. The molecule has 0 aliphatic rings. The van der Waals surface area contributed by atoms with E-state index in [-0.39, 0.29) is 5.63 Å². The summed E-state index contributed by atoms with van der Waals surface area (Å²) in [5.41, 5.74) is 1.55. The molecule has 0 aliphatic carbocycles. The van der Waals surface area contributed by atoms with Crippen LogP contribution in [-0.4, -0.2) is 30.2 Å². The van der Waals surface area contributed by atoms with E-state index in [1.807, 2.05) is 24.3 Å². The molecule has 0 unspecified atom stereocenters. The summed E-state index contributed by atoms with van der Waals surface area (Å²) in [5.74, 6) is 0. The van der Waals surface area contributed by atoms with Gasteiger partial charge in [0.25, 0.3) is 0 Å². The number of hydrogen-bond donors (Lipinski definition) is 1. The number of nitrogens with zero attached hydrogens (tertiary/aromatic N) is 2. The average molecular weight is 272 g/mol. The van der Waals surface area contributed by atoms with Crippen molar-refractivity contribution in [2.24, 2.45) is 0 Å². The van der Waals surface area contributed by atoms with E-state index in [2.05, 4.69) is 23.6 Å². The maximum Gasteiger partial charge on any atom is 0.364 e. The van der Waals surface area contributed by atoms with Crippen molar-refractivity contribution in [1.82, 2.24) is 9.55 Å². The predicted molar refractivity (Wildman–Crippen MR) is 78.1 cm³/mol. The summed E-state index contributed by atoms with van der Waals surface area (Å²) in [7, 11) is 4.27. The minimum atomic E-state index is -0.365. The number of fused-ring (bicyclic) bond motifs is 3. The van der Waals surface area contributed by atoms with Gasteiger partial charge in [0.05, 0.1) is 32.5 Å². The Labute approximate surface area is 116 Å². The van der Waals surface area contributed by atoms with Crippen molar-refractivity contribution in [3.05, 3.63) is 41.0 Å². The Morgan fingerprint density at radius 2 is 2.10 bits per heavy atom. The maximum absolute atomic E-state index is 11.9. The van der Waals surface area contributed by atoms with Gasteiger partial charge in [0.1, 0.15) is 5.58 Å². The van der Waals surface area contributed by atoms with Crippen LogP contribution in [-0.2, 0) is 6.54 Å². The molecule has 0 saturated carbocycles. The number of aryl methyl sites for hydroxylation is 1. The molecule has 0 aliphatic heterocycles. The average Bonchev–Trinajstić information content (AvgIpc) is 2.83. The number of benzene rings is 1. The van der Waals surface area contributed by atoms with E-state index < -0.39 is 0 Å². The number of imidazole rings is 1. The predicted octanol–water partition coefficient (Wildman–Crippen LogP) is 0.677. The Bertz CT molecular complexity index is 802. The molecule has 0 bridgehead atoms. The lowest BCUT2D eigenvalue weighted by molar-refractivity contribution is -0.858. The Morgan fingerprint density at radius 1 is 1.30 bits per heavy atom. The van der Waals surface area contributed by atoms with Gasteiger partial charge in [0.15, 0.2) is 5.52 Å². The Balaban J connectivity index is 2.12. The van der Waals surface area contributed by atoms with Crippen LogP contribution in [0.5, 0.6) is 0 Å². The molecule has 0 fully saturated rings. The Hall–Kier alpha value is -2.14. The van der Waals surface area contributed by atoms with Crippen LogP contribution in [0.1, 0.15) is 6.42 Å². The molecule has 0 saturated heterocycles. The molecule has 0 atom stereocenters. The number of nitrogens with one attached hydrogen (secondary N) is 1. The van der Waals surface area contributed by atoms with Crippen molar-refractivity contribution in [3.63, 3.8) is 0 Å².